The molecule has 2 aliphatic rings. The average Bonchev–Trinajstić information content (AvgIpc) is 3.44. The van der Waals surface area contributed by atoms with Crippen LogP contribution in [0, 0.1) is 23.2 Å². The quantitative estimate of drug-likeness (QED) is 0.864. The van der Waals surface area contributed by atoms with Gasteiger partial charge in [-0.2, -0.15) is 5.26 Å². The van der Waals surface area contributed by atoms with Gasteiger partial charge in [-0.1, -0.05) is 12.5 Å². The molecule has 2 unspecified atom stereocenters. The number of ether oxygens (including phenoxy) is 2. The third-order valence-electron chi connectivity index (χ3n) is 5.20. The fourth-order valence-corrected chi connectivity index (χ4v) is 3.49. The van der Waals surface area contributed by atoms with Crippen LogP contribution in [0.5, 0.6) is 11.5 Å². The molecule has 2 saturated carbocycles. The first-order chi connectivity index (χ1) is 11.6. The number of methoxy groups -OCH3 is 1. The van der Waals surface area contributed by atoms with Crippen LogP contribution in [0.3, 0.4) is 0 Å². The number of carbonyl (C=O) groups is 1. The molecule has 24 heavy (non-hydrogen) atoms. The van der Waals surface area contributed by atoms with Gasteiger partial charge in [-0.3, -0.25) is 4.79 Å². The lowest BCUT2D eigenvalue weighted by Gasteiger charge is -2.34. The lowest BCUT2D eigenvalue weighted by atomic mass is 9.66. The molecule has 0 amide bonds. The fraction of sp³-hybridized carbons (Fsp3) is 0.579. The molecule has 1 aromatic carbocycles. The number of nitrogens with zero attached hydrogens (tertiary/aromatic N) is 1. The minimum atomic E-state index is -0.812. The summed E-state index contributed by atoms with van der Waals surface area (Å²) in [5, 5.41) is 19.2. The largest absolute Gasteiger partial charge is 0.493 e. The number of carboxylic acid groups (broad SMARTS) is 1. The second-order valence-corrected chi connectivity index (χ2v) is 6.95. The summed E-state index contributed by atoms with van der Waals surface area (Å²) in [6.45, 7) is 0.664. The van der Waals surface area contributed by atoms with Crippen LogP contribution in [-0.4, -0.2) is 24.8 Å². The van der Waals surface area contributed by atoms with Gasteiger partial charge in [0.1, 0.15) is 0 Å². The Morgan fingerprint density at radius 1 is 1.38 bits per heavy atom. The Kier molecular flexibility index (Phi) is 4.66. The zero-order valence-corrected chi connectivity index (χ0v) is 14.0. The number of nitriles is 1. The first kappa shape index (κ1) is 16.6. The van der Waals surface area contributed by atoms with E-state index in [0.29, 0.717) is 43.3 Å². The van der Waals surface area contributed by atoms with Gasteiger partial charge >= 0.3 is 5.97 Å². The zero-order valence-electron chi connectivity index (χ0n) is 14.0. The predicted octanol–water partition coefficient (Wildman–Crippen LogP) is 3.52. The van der Waals surface area contributed by atoms with Gasteiger partial charge in [-0.25, -0.2) is 0 Å². The Balaban J connectivity index is 1.89. The lowest BCUT2D eigenvalue weighted by molar-refractivity contribution is -0.143. The highest BCUT2D eigenvalue weighted by Crippen LogP contribution is 2.44. The molecule has 0 aliphatic heterocycles. The molecule has 0 bridgehead atoms. The van der Waals surface area contributed by atoms with Crippen LogP contribution in [-0.2, 0) is 10.2 Å². The number of hydrogen-bond acceptors (Lipinski definition) is 4. The maximum Gasteiger partial charge on any atom is 0.306 e. The Labute approximate surface area is 142 Å². The summed E-state index contributed by atoms with van der Waals surface area (Å²) in [6.07, 6.45) is 4.82. The van der Waals surface area contributed by atoms with E-state index in [2.05, 4.69) is 6.07 Å². The topological polar surface area (TPSA) is 79.5 Å². The van der Waals surface area contributed by atoms with Crippen LogP contribution in [0.15, 0.2) is 18.2 Å². The van der Waals surface area contributed by atoms with E-state index in [-0.39, 0.29) is 0 Å². The van der Waals surface area contributed by atoms with Crippen LogP contribution in [0.4, 0.5) is 0 Å². The van der Waals surface area contributed by atoms with Crippen molar-refractivity contribution in [2.75, 3.05) is 13.7 Å². The van der Waals surface area contributed by atoms with Crippen molar-refractivity contribution in [2.24, 2.45) is 11.8 Å². The number of benzene rings is 1. The maximum atomic E-state index is 11.4. The molecule has 2 atom stereocenters. The summed E-state index contributed by atoms with van der Waals surface area (Å²) in [5.41, 5.74) is 0.0770. The summed E-state index contributed by atoms with van der Waals surface area (Å²) in [7, 11) is 1.60. The second kappa shape index (κ2) is 6.72. The molecule has 128 valence electrons. The van der Waals surface area contributed by atoms with Crippen molar-refractivity contribution in [3.8, 4) is 17.6 Å². The molecule has 5 nitrogen and oxygen atoms in total. The number of rotatable bonds is 6. The Bertz CT molecular complexity index is 662. The predicted molar refractivity (Wildman–Crippen MR) is 88.1 cm³/mol. The lowest BCUT2D eigenvalue weighted by Crippen LogP contribution is -2.34. The average molecular weight is 329 g/mol. The number of aliphatic carboxylic acids is 1. The maximum absolute atomic E-state index is 11.4. The van der Waals surface area contributed by atoms with Crippen LogP contribution in [0.1, 0.15) is 44.1 Å². The van der Waals surface area contributed by atoms with Crippen LogP contribution < -0.4 is 9.47 Å². The smallest absolute Gasteiger partial charge is 0.306 e. The van der Waals surface area contributed by atoms with Crippen molar-refractivity contribution in [3.05, 3.63) is 23.8 Å². The number of carboxylic acids is 1. The first-order valence-corrected chi connectivity index (χ1v) is 8.53. The van der Waals surface area contributed by atoms with Gasteiger partial charge in [-0.15, -0.1) is 0 Å². The van der Waals surface area contributed by atoms with Crippen molar-refractivity contribution in [1.82, 2.24) is 0 Å². The Hall–Kier alpha value is -2.22. The van der Waals surface area contributed by atoms with Gasteiger partial charge in [0.15, 0.2) is 11.5 Å². The summed E-state index contributed by atoms with van der Waals surface area (Å²) in [5.74, 6) is 0.644. The molecule has 0 heterocycles. The van der Waals surface area contributed by atoms with Crippen LogP contribution in [0.2, 0.25) is 0 Å². The molecular weight excluding hydrogens is 306 g/mol. The molecule has 1 aromatic rings. The van der Waals surface area contributed by atoms with E-state index in [1.54, 1.807) is 7.11 Å². The van der Waals surface area contributed by atoms with E-state index in [0.717, 1.165) is 12.0 Å². The third kappa shape index (κ3) is 3.33. The van der Waals surface area contributed by atoms with Crippen molar-refractivity contribution in [1.29, 1.82) is 5.26 Å². The van der Waals surface area contributed by atoms with E-state index in [4.69, 9.17) is 9.47 Å². The molecule has 5 heteroatoms. The number of hydrogen-bond donors (Lipinski definition) is 1. The molecule has 2 aliphatic carbocycles. The van der Waals surface area contributed by atoms with E-state index < -0.39 is 17.3 Å². The molecule has 1 N–H and O–H groups in total. The minimum Gasteiger partial charge on any atom is -0.493 e. The van der Waals surface area contributed by atoms with Gasteiger partial charge in [0.05, 0.1) is 31.1 Å². The normalized spacial score (nSPS) is 26.4. The molecular formula is C19H23NO4. The summed E-state index contributed by atoms with van der Waals surface area (Å²) in [6, 6.07) is 7.96. The van der Waals surface area contributed by atoms with Gasteiger partial charge in [0.2, 0.25) is 0 Å². The van der Waals surface area contributed by atoms with E-state index in [1.807, 2.05) is 18.2 Å². The molecule has 0 aromatic heterocycles. The Morgan fingerprint density at radius 3 is 2.79 bits per heavy atom. The van der Waals surface area contributed by atoms with Gasteiger partial charge in [-0.05, 0) is 55.7 Å². The van der Waals surface area contributed by atoms with E-state index >= 15 is 0 Å². The first-order valence-electron chi connectivity index (χ1n) is 8.53. The standard InChI is InChI=1S/C19H23NO4/c1-23-16-7-6-15(9-17(16)24-11-13-4-5-13)19(12-20)8-2-3-14(10-19)18(21)22/h6-7,9,13-14H,2-5,8,10-11H2,1H3,(H,21,22). The van der Waals surface area contributed by atoms with E-state index in [9.17, 15) is 15.2 Å². The van der Waals surface area contributed by atoms with Gasteiger partial charge in [0, 0.05) is 0 Å². The Morgan fingerprint density at radius 2 is 2.17 bits per heavy atom. The van der Waals surface area contributed by atoms with Crippen LogP contribution >= 0.6 is 0 Å². The monoisotopic (exact) mass is 329 g/mol. The molecule has 0 radical (unpaired) electrons. The second-order valence-electron chi connectivity index (χ2n) is 6.95. The minimum absolute atomic E-state index is 0.354. The summed E-state index contributed by atoms with van der Waals surface area (Å²) in [4.78, 5) is 11.4. The van der Waals surface area contributed by atoms with Gasteiger partial charge < -0.3 is 14.6 Å². The van der Waals surface area contributed by atoms with Crippen molar-refractivity contribution < 1.29 is 19.4 Å². The van der Waals surface area contributed by atoms with Crippen molar-refractivity contribution in [2.45, 2.75) is 43.9 Å². The van der Waals surface area contributed by atoms with Crippen molar-refractivity contribution >= 4 is 5.97 Å². The molecule has 0 saturated heterocycles. The zero-order chi connectivity index (χ0) is 17.2. The summed E-state index contributed by atoms with van der Waals surface area (Å²) >= 11 is 0. The van der Waals surface area contributed by atoms with Gasteiger partial charge in [0.25, 0.3) is 0 Å². The van der Waals surface area contributed by atoms with Crippen LogP contribution in [0.25, 0.3) is 0 Å². The highest BCUT2D eigenvalue weighted by Gasteiger charge is 2.41. The summed E-state index contributed by atoms with van der Waals surface area (Å²) < 4.78 is 11.3. The molecule has 0 spiro atoms. The highest BCUT2D eigenvalue weighted by atomic mass is 16.5. The van der Waals surface area contributed by atoms with Crippen molar-refractivity contribution in [3.63, 3.8) is 0 Å². The third-order valence-corrected chi connectivity index (χ3v) is 5.20. The fourth-order valence-electron chi connectivity index (χ4n) is 3.49. The highest BCUT2D eigenvalue weighted by molar-refractivity contribution is 5.70. The molecule has 3 rings (SSSR count). The SMILES string of the molecule is COc1ccc(C2(C#N)CCCC(C(=O)O)C2)cc1OCC1CC1. The van der Waals surface area contributed by atoms with E-state index in [1.165, 1.54) is 12.8 Å². The molecule has 2 fully saturated rings.